The van der Waals surface area contributed by atoms with Crippen LogP contribution in [0.3, 0.4) is 0 Å². The van der Waals surface area contributed by atoms with Crippen LogP contribution in [-0.4, -0.2) is 16.5 Å². The first kappa shape index (κ1) is 4.69. The van der Waals surface area contributed by atoms with Crippen molar-refractivity contribution >= 4 is 0 Å². The number of rotatable bonds is 2. The van der Waals surface area contributed by atoms with Crippen LogP contribution < -0.4 is 0 Å². The molecule has 13 heavy (non-hydrogen) atoms. The molecule has 2 rings (SSSR count). The fraction of sp³-hybridized carbons (Fsp3) is 0.444. The highest BCUT2D eigenvalue weighted by Gasteiger charge is 2.25. The normalized spacial score (nSPS) is 26.2. The predicted molar refractivity (Wildman–Crippen MR) is 48.7 cm³/mol. The molecule has 1 aliphatic heterocycles. The molecule has 0 bridgehead atoms. The molecule has 1 aromatic rings. The maximum absolute atomic E-state index is 10.6. The Morgan fingerprint density at radius 2 is 2.69 bits per heavy atom. The van der Waals surface area contributed by atoms with Gasteiger partial charge in [-0.1, -0.05) is 6.04 Å². The molecule has 0 amide bonds. The predicted octanol–water partition coefficient (Wildman–Crippen LogP) is 1.90. The van der Waals surface area contributed by atoms with E-state index in [0.29, 0.717) is 13.0 Å². The Morgan fingerprint density at radius 1 is 1.77 bits per heavy atom. The average Bonchev–Trinajstić information content (AvgIpc) is 2.74. The summed E-state index contributed by atoms with van der Waals surface area (Å²) in [7, 11) is 0. The van der Waals surface area contributed by atoms with Gasteiger partial charge in [0.15, 0.2) is 0 Å². The van der Waals surface area contributed by atoms with E-state index in [4.69, 9.17) is 5.48 Å². The number of hydrogen-bond acceptors (Lipinski definition) is 3. The number of aromatic nitrogens is 1. The van der Waals surface area contributed by atoms with Crippen LogP contribution in [0.1, 0.15) is 29.9 Å². The van der Waals surface area contributed by atoms with E-state index in [1.165, 1.54) is 5.01 Å². The standard InChI is InChI=1S/C9H11N3O/c13-11-12-6-2-4-9(12)8-3-1-5-10-7-8/h1,3,5,7,9H,2,4,6H2/t9-/m0/s1/i1D,3D,5D,7D. The second kappa shape index (κ2) is 3.51. The minimum atomic E-state index is -0.454. The lowest BCUT2D eigenvalue weighted by Gasteiger charge is -2.17. The Kier molecular flexibility index (Phi) is 1.27. The van der Waals surface area contributed by atoms with E-state index in [9.17, 15) is 4.91 Å². The monoisotopic (exact) mass is 181 g/mol. The largest absolute Gasteiger partial charge is 0.264 e. The van der Waals surface area contributed by atoms with Crippen molar-refractivity contribution in [3.05, 3.63) is 34.9 Å². The van der Waals surface area contributed by atoms with Gasteiger partial charge in [0.25, 0.3) is 0 Å². The molecule has 4 nitrogen and oxygen atoms in total. The van der Waals surface area contributed by atoms with Crippen LogP contribution in [0.5, 0.6) is 0 Å². The number of nitrogens with zero attached hydrogens (tertiary/aromatic N) is 3. The zero-order chi connectivity index (χ0) is 12.6. The fourth-order valence-electron chi connectivity index (χ4n) is 1.54. The third-order valence-corrected chi connectivity index (χ3v) is 2.15. The van der Waals surface area contributed by atoms with E-state index < -0.39 is 6.04 Å². The van der Waals surface area contributed by atoms with Gasteiger partial charge in [-0.05, 0) is 24.4 Å². The van der Waals surface area contributed by atoms with Crippen molar-refractivity contribution in [2.75, 3.05) is 6.54 Å². The highest BCUT2D eigenvalue weighted by molar-refractivity contribution is 5.14. The van der Waals surface area contributed by atoms with E-state index in [1.807, 2.05) is 0 Å². The van der Waals surface area contributed by atoms with Gasteiger partial charge in [-0.3, -0.25) is 9.99 Å². The third-order valence-electron chi connectivity index (χ3n) is 2.15. The molecule has 68 valence electrons. The minimum Gasteiger partial charge on any atom is -0.264 e. The van der Waals surface area contributed by atoms with Crippen molar-refractivity contribution in [1.29, 1.82) is 0 Å². The number of pyridine rings is 1. The van der Waals surface area contributed by atoms with Crippen LogP contribution in [0.2, 0.25) is 0 Å². The lowest BCUT2D eigenvalue weighted by Crippen LogP contribution is -2.15. The highest BCUT2D eigenvalue weighted by atomic mass is 16.3. The van der Waals surface area contributed by atoms with Gasteiger partial charge >= 0.3 is 0 Å². The summed E-state index contributed by atoms with van der Waals surface area (Å²) in [6.07, 6.45) is 0.775. The summed E-state index contributed by atoms with van der Waals surface area (Å²) in [5, 5.41) is 4.13. The molecule has 0 saturated carbocycles. The van der Waals surface area contributed by atoms with E-state index in [1.54, 1.807) is 0 Å². The molecule has 1 aliphatic rings. The van der Waals surface area contributed by atoms with Crippen LogP contribution in [0.4, 0.5) is 0 Å². The molecule has 0 unspecified atom stereocenters. The Hall–Kier alpha value is -1.45. The summed E-state index contributed by atoms with van der Waals surface area (Å²) in [5.74, 6) is 0. The van der Waals surface area contributed by atoms with Crippen molar-refractivity contribution in [1.82, 2.24) is 9.99 Å². The molecule has 0 aromatic carbocycles. The Balaban J connectivity index is 2.51. The molecular weight excluding hydrogens is 166 g/mol. The summed E-state index contributed by atoms with van der Waals surface area (Å²) < 4.78 is 30.3. The molecule has 1 aromatic heterocycles. The maximum Gasteiger partial charge on any atom is 0.0844 e. The van der Waals surface area contributed by atoms with Crippen LogP contribution >= 0.6 is 0 Å². The van der Waals surface area contributed by atoms with Gasteiger partial charge < -0.3 is 0 Å². The maximum atomic E-state index is 10.6. The van der Waals surface area contributed by atoms with Gasteiger partial charge in [0.2, 0.25) is 0 Å². The Labute approximate surface area is 82.1 Å². The molecule has 0 aliphatic carbocycles. The summed E-state index contributed by atoms with van der Waals surface area (Å²) in [4.78, 5) is 14.2. The molecule has 1 fully saturated rings. The molecule has 0 radical (unpaired) electrons. The van der Waals surface area contributed by atoms with E-state index in [2.05, 4.69) is 10.3 Å². The first-order valence-electron chi connectivity index (χ1n) is 6.10. The molecule has 1 atom stereocenters. The smallest absolute Gasteiger partial charge is 0.0844 e. The van der Waals surface area contributed by atoms with Gasteiger partial charge in [-0.2, -0.15) is 0 Å². The van der Waals surface area contributed by atoms with Crippen molar-refractivity contribution < 1.29 is 5.48 Å². The minimum absolute atomic E-state index is 0.199. The second-order valence-electron chi connectivity index (χ2n) is 2.90. The molecule has 4 heteroatoms. The van der Waals surface area contributed by atoms with Gasteiger partial charge in [-0.25, -0.2) is 0 Å². The third kappa shape index (κ3) is 1.52. The van der Waals surface area contributed by atoms with Crippen molar-refractivity contribution in [2.45, 2.75) is 18.9 Å². The molecule has 2 heterocycles. The summed E-state index contributed by atoms with van der Waals surface area (Å²) in [5.41, 5.74) is 0.225. The van der Waals surface area contributed by atoms with Crippen molar-refractivity contribution in [3.63, 3.8) is 0 Å². The van der Waals surface area contributed by atoms with E-state index >= 15 is 0 Å². The van der Waals surface area contributed by atoms with Gasteiger partial charge in [0, 0.05) is 18.9 Å². The zero-order valence-electron chi connectivity index (χ0n) is 10.9. The first-order chi connectivity index (χ1) is 8.06. The SMILES string of the molecule is [2H]c1nc([2H])c([C@@H]2CCCN2N=O)c([2H])c1[2H]. The Morgan fingerprint density at radius 3 is 3.54 bits per heavy atom. The molecule has 1 saturated heterocycles. The van der Waals surface area contributed by atoms with Crippen LogP contribution in [0, 0.1) is 4.91 Å². The quantitative estimate of drug-likeness (QED) is 0.654. The van der Waals surface area contributed by atoms with Crippen LogP contribution in [-0.2, 0) is 0 Å². The van der Waals surface area contributed by atoms with Crippen LogP contribution in [0.15, 0.2) is 29.7 Å². The topological polar surface area (TPSA) is 45.6 Å². The summed E-state index contributed by atoms with van der Waals surface area (Å²) >= 11 is 0. The van der Waals surface area contributed by atoms with Crippen molar-refractivity contribution in [3.8, 4) is 0 Å². The summed E-state index contributed by atoms with van der Waals surface area (Å²) in [6, 6.07) is -0.964. The first-order valence-corrected chi connectivity index (χ1v) is 4.10. The molecular formula is C9H11N3O. The van der Waals surface area contributed by atoms with Gasteiger partial charge in [-0.15, -0.1) is 4.91 Å². The lowest BCUT2D eigenvalue weighted by atomic mass is 10.1. The highest BCUT2D eigenvalue weighted by Crippen LogP contribution is 2.30. The van der Waals surface area contributed by atoms with E-state index in [-0.39, 0.29) is 30.0 Å². The fourth-order valence-corrected chi connectivity index (χ4v) is 1.54. The number of nitroso groups, excluding NO2 is 1. The molecule has 0 N–H and O–H groups in total. The number of hydrogen-bond donors (Lipinski definition) is 0. The summed E-state index contributed by atoms with van der Waals surface area (Å²) in [6.45, 7) is 0.489. The lowest BCUT2D eigenvalue weighted by molar-refractivity contribution is 0.266. The second-order valence-corrected chi connectivity index (χ2v) is 2.90. The Bertz CT molecular complexity index is 468. The average molecular weight is 181 g/mol. The zero-order valence-corrected chi connectivity index (χ0v) is 6.95. The van der Waals surface area contributed by atoms with Gasteiger partial charge in [0.05, 0.1) is 16.8 Å². The van der Waals surface area contributed by atoms with E-state index in [0.717, 1.165) is 6.42 Å². The van der Waals surface area contributed by atoms with Crippen LogP contribution in [0.25, 0.3) is 0 Å². The van der Waals surface area contributed by atoms with Gasteiger partial charge in [0.1, 0.15) is 0 Å². The molecule has 0 spiro atoms. The van der Waals surface area contributed by atoms with Crippen molar-refractivity contribution in [2.24, 2.45) is 5.29 Å².